The van der Waals surface area contributed by atoms with Gasteiger partial charge < -0.3 is 15.5 Å². The predicted molar refractivity (Wildman–Crippen MR) is 112 cm³/mol. The van der Waals surface area contributed by atoms with Crippen molar-refractivity contribution in [1.82, 2.24) is 5.32 Å². The first-order chi connectivity index (χ1) is 13.4. The number of halogens is 1. The van der Waals surface area contributed by atoms with E-state index in [-0.39, 0.29) is 17.7 Å². The maximum atomic E-state index is 12.6. The molecule has 3 amide bonds. The van der Waals surface area contributed by atoms with Gasteiger partial charge in [0.15, 0.2) is 0 Å². The largest absolute Gasteiger partial charge is 0.340 e. The Balaban J connectivity index is 1.68. The summed E-state index contributed by atoms with van der Waals surface area (Å²) in [5.41, 5.74) is 2.86. The molecule has 0 aromatic heterocycles. The van der Waals surface area contributed by atoms with E-state index in [2.05, 4.69) is 33.1 Å². The molecule has 0 spiro atoms. The van der Waals surface area contributed by atoms with Gasteiger partial charge in [-0.25, -0.2) is 0 Å². The molecular weight excluding hydrogens is 422 g/mol. The van der Waals surface area contributed by atoms with Crippen LogP contribution in [0.4, 0.5) is 11.4 Å². The minimum atomic E-state index is -0.622. The van der Waals surface area contributed by atoms with E-state index in [0.29, 0.717) is 24.1 Å². The van der Waals surface area contributed by atoms with Gasteiger partial charge in [0.05, 0.1) is 0 Å². The summed E-state index contributed by atoms with van der Waals surface area (Å²) in [6.07, 6.45) is 2.41. The van der Waals surface area contributed by atoms with Crippen LogP contribution in [0, 0.1) is 0 Å². The quantitative estimate of drug-likeness (QED) is 0.714. The number of carbonyl (C=O) groups is 3. The molecule has 0 aliphatic carbocycles. The first-order valence-corrected chi connectivity index (χ1v) is 9.58. The molecule has 28 heavy (non-hydrogen) atoms. The summed E-state index contributed by atoms with van der Waals surface area (Å²) < 4.78 is 0.947. The van der Waals surface area contributed by atoms with E-state index in [1.165, 1.54) is 11.0 Å². The third-order valence-electron chi connectivity index (χ3n) is 4.67. The number of anilines is 2. The number of nitrogens with zero attached hydrogens (tertiary/aromatic N) is 1. The maximum Gasteiger partial charge on any atom is 0.251 e. The maximum absolute atomic E-state index is 12.6. The second kappa shape index (κ2) is 8.39. The van der Waals surface area contributed by atoms with Crippen molar-refractivity contribution >= 4 is 45.0 Å². The molecule has 1 aliphatic rings. The van der Waals surface area contributed by atoms with E-state index >= 15 is 0 Å². The van der Waals surface area contributed by atoms with E-state index in [9.17, 15) is 14.4 Å². The minimum Gasteiger partial charge on any atom is -0.340 e. The average Bonchev–Trinajstić information content (AvgIpc) is 2.85. The normalized spacial score (nSPS) is 15.6. The number of likely N-dealkylation sites (N-methyl/N-ethyl adjacent to an activating group) is 1. The molecule has 2 N–H and O–H groups in total. The van der Waals surface area contributed by atoms with Gasteiger partial charge >= 0.3 is 0 Å². The summed E-state index contributed by atoms with van der Waals surface area (Å²) in [5.74, 6) is -0.808. The Labute approximate surface area is 171 Å². The summed E-state index contributed by atoms with van der Waals surface area (Å²) in [4.78, 5) is 38.2. The smallest absolute Gasteiger partial charge is 0.251 e. The number of nitrogens with one attached hydrogen (secondary N) is 2. The van der Waals surface area contributed by atoms with Gasteiger partial charge in [0, 0.05) is 28.5 Å². The zero-order chi connectivity index (χ0) is 20.3. The molecule has 144 valence electrons. The molecule has 0 radical (unpaired) electrons. The van der Waals surface area contributed by atoms with Crippen LogP contribution >= 0.6 is 15.9 Å². The van der Waals surface area contributed by atoms with Gasteiger partial charge in [-0.2, -0.15) is 0 Å². The topological polar surface area (TPSA) is 78.5 Å². The SMILES string of the molecule is C=CC(=O)N(C)c1ccc(C(=O)NC2CCc3cc(Br)ccc3NC2=O)cc1. The van der Waals surface area contributed by atoms with Crippen LogP contribution in [0.15, 0.2) is 59.6 Å². The number of benzene rings is 2. The van der Waals surface area contributed by atoms with Gasteiger partial charge in [-0.1, -0.05) is 22.5 Å². The molecule has 2 aromatic rings. The number of rotatable bonds is 4. The lowest BCUT2D eigenvalue weighted by molar-refractivity contribution is -0.118. The zero-order valence-corrected chi connectivity index (χ0v) is 17.0. The third kappa shape index (κ3) is 4.31. The molecule has 6 nitrogen and oxygen atoms in total. The highest BCUT2D eigenvalue weighted by Crippen LogP contribution is 2.25. The van der Waals surface area contributed by atoms with Crippen LogP contribution in [-0.2, 0) is 16.0 Å². The number of aryl methyl sites for hydroxylation is 1. The minimum absolute atomic E-state index is 0.234. The van der Waals surface area contributed by atoms with Crippen molar-refractivity contribution in [3.8, 4) is 0 Å². The fourth-order valence-electron chi connectivity index (χ4n) is 3.02. The first-order valence-electron chi connectivity index (χ1n) is 8.79. The predicted octanol–water partition coefficient (Wildman–Crippen LogP) is 3.28. The van der Waals surface area contributed by atoms with Gasteiger partial charge in [-0.15, -0.1) is 0 Å². The number of hydrogen-bond donors (Lipinski definition) is 2. The Bertz CT molecular complexity index is 940. The van der Waals surface area contributed by atoms with E-state index in [0.717, 1.165) is 15.7 Å². The van der Waals surface area contributed by atoms with Crippen molar-refractivity contribution in [1.29, 1.82) is 0 Å². The lowest BCUT2D eigenvalue weighted by atomic mass is 10.1. The lowest BCUT2D eigenvalue weighted by Crippen LogP contribution is -2.43. The van der Waals surface area contributed by atoms with E-state index in [4.69, 9.17) is 0 Å². The fraction of sp³-hybridized carbons (Fsp3) is 0.190. The second-order valence-electron chi connectivity index (χ2n) is 6.50. The molecule has 1 heterocycles. The van der Waals surface area contributed by atoms with Crippen molar-refractivity contribution in [2.45, 2.75) is 18.9 Å². The highest BCUT2D eigenvalue weighted by molar-refractivity contribution is 9.10. The Morgan fingerprint density at radius 3 is 2.64 bits per heavy atom. The summed E-state index contributed by atoms with van der Waals surface area (Å²) in [6, 6.07) is 11.7. The van der Waals surface area contributed by atoms with E-state index < -0.39 is 6.04 Å². The zero-order valence-electron chi connectivity index (χ0n) is 15.4. The molecular formula is C21H20BrN3O3. The highest BCUT2D eigenvalue weighted by Gasteiger charge is 2.25. The molecule has 1 unspecified atom stereocenters. The van der Waals surface area contributed by atoms with Gasteiger partial charge in [0.25, 0.3) is 5.91 Å². The third-order valence-corrected chi connectivity index (χ3v) is 5.16. The standard InChI is InChI=1S/C21H20BrN3O3/c1-3-19(26)25(2)16-8-4-13(5-9-16)20(27)24-18-10-6-14-12-15(22)7-11-17(14)23-21(18)28/h3-5,7-9,11-12,18H,1,6,10H2,2H3,(H,23,28)(H,24,27). The van der Waals surface area contributed by atoms with Crippen molar-refractivity contribution in [3.63, 3.8) is 0 Å². The number of amides is 3. The van der Waals surface area contributed by atoms with Gasteiger partial charge in [0.1, 0.15) is 6.04 Å². The van der Waals surface area contributed by atoms with Crippen LogP contribution < -0.4 is 15.5 Å². The molecule has 1 atom stereocenters. The molecule has 0 saturated heterocycles. The summed E-state index contributed by atoms with van der Waals surface area (Å²) in [5, 5.41) is 5.67. The van der Waals surface area contributed by atoms with Gasteiger partial charge in [-0.3, -0.25) is 14.4 Å². The van der Waals surface area contributed by atoms with Gasteiger partial charge in [0.2, 0.25) is 11.8 Å². The molecule has 0 bridgehead atoms. The Morgan fingerprint density at radius 2 is 1.96 bits per heavy atom. The van der Waals surface area contributed by atoms with Crippen molar-refractivity contribution < 1.29 is 14.4 Å². The molecule has 1 aliphatic heterocycles. The van der Waals surface area contributed by atoms with Gasteiger partial charge in [-0.05, 0) is 66.9 Å². The Hall–Kier alpha value is -2.93. The lowest BCUT2D eigenvalue weighted by Gasteiger charge is -2.17. The molecule has 0 fully saturated rings. The van der Waals surface area contributed by atoms with Crippen LogP contribution in [0.25, 0.3) is 0 Å². The molecule has 0 saturated carbocycles. The van der Waals surface area contributed by atoms with E-state index in [1.807, 2.05) is 18.2 Å². The first kappa shape index (κ1) is 19.8. The summed E-state index contributed by atoms with van der Waals surface area (Å²) in [6.45, 7) is 3.46. The average molecular weight is 442 g/mol. The molecule has 7 heteroatoms. The number of hydrogen-bond acceptors (Lipinski definition) is 3. The number of carbonyl (C=O) groups excluding carboxylic acids is 3. The van der Waals surface area contributed by atoms with Crippen molar-refractivity contribution in [2.24, 2.45) is 0 Å². The van der Waals surface area contributed by atoms with Crippen LogP contribution in [0.5, 0.6) is 0 Å². The Kier molecular flexibility index (Phi) is 5.94. The second-order valence-corrected chi connectivity index (χ2v) is 7.42. The van der Waals surface area contributed by atoms with Crippen LogP contribution in [0.1, 0.15) is 22.3 Å². The monoisotopic (exact) mass is 441 g/mol. The molecule has 3 rings (SSSR count). The molecule has 2 aromatic carbocycles. The summed E-state index contributed by atoms with van der Waals surface area (Å²) >= 11 is 3.43. The van der Waals surface area contributed by atoms with Crippen molar-refractivity contribution in [3.05, 3.63) is 70.7 Å². The van der Waals surface area contributed by atoms with Crippen LogP contribution in [0.3, 0.4) is 0 Å². The van der Waals surface area contributed by atoms with E-state index in [1.54, 1.807) is 31.3 Å². The Morgan fingerprint density at radius 1 is 1.25 bits per heavy atom. The van der Waals surface area contributed by atoms with Crippen LogP contribution in [-0.4, -0.2) is 30.8 Å². The number of fused-ring (bicyclic) bond motifs is 1. The highest BCUT2D eigenvalue weighted by atomic mass is 79.9. The summed E-state index contributed by atoms with van der Waals surface area (Å²) in [7, 11) is 1.63. The van der Waals surface area contributed by atoms with Crippen LogP contribution in [0.2, 0.25) is 0 Å². The fourth-order valence-corrected chi connectivity index (χ4v) is 3.43. The van der Waals surface area contributed by atoms with Crippen molar-refractivity contribution in [2.75, 3.05) is 17.3 Å².